The molecule has 0 aromatic rings. The minimum atomic E-state index is 0. The largest absolute Gasteiger partial charge is 0.379 e. The van der Waals surface area contributed by atoms with E-state index in [0.29, 0.717) is 5.88 Å². The van der Waals surface area contributed by atoms with E-state index in [0.717, 1.165) is 32.8 Å². The summed E-state index contributed by atoms with van der Waals surface area (Å²) < 4.78 is 5.19. The molecule has 0 aliphatic carbocycles. The fourth-order valence-electron chi connectivity index (χ4n) is 0.974. The minimum absolute atomic E-state index is 0. The van der Waals surface area contributed by atoms with E-state index in [1.54, 1.807) is 0 Å². The summed E-state index contributed by atoms with van der Waals surface area (Å²) in [7, 11) is 0. The summed E-state index contributed by atoms with van der Waals surface area (Å²) in [4.78, 5) is 2.27. The Bertz CT molecular complexity index is 158. The molecule has 1 rings (SSSR count). The maximum absolute atomic E-state index is 5.40. The lowest BCUT2D eigenvalue weighted by Gasteiger charge is -2.24. The number of hydrogen-bond donors (Lipinski definition) is 0. The normalized spacial score (nSPS) is 17.4. The first-order valence-electron chi connectivity index (χ1n) is 3.75. The van der Waals surface area contributed by atoms with Crippen LogP contribution in [0, 0.1) is 11.8 Å². The number of rotatable bonds is 1. The van der Waals surface area contributed by atoms with Gasteiger partial charge in [-0.3, -0.25) is 4.90 Å². The zero-order chi connectivity index (χ0) is 7.94. The fourth-order valence-corrected chi connectivity index (χ4v) is 1.07. The van der Waals surface area contributed by atoms with E-state index in [1.807, 2.05) is 0 Å². The summed E-state index contributed by atoms with van der Waals surface area (Å²) in [5.41, 5.74) is 0. The van der Waals surface area contributed by atoms with Crippen LogP contribution in [0.3, 0.4) is 0 Å². The standard InChI is InChI=1S/C8H12ClNO.ClH/c9-3-1-2-4-10-5-7-11-8-6-10;/h3-8H2;1H. The molecule has 0 bridgehead atoms. The Kier molecular flexibility index (Phi) is 7.73. The van der Waals surface area contributed by atoms with Crippen molar-refractivity contribution in [2.45, 2.75) is 0 Å². The number of alkyl halides is 1. The van der Waals surface area contributed by atoms with Crippen molar-refractivity contribution in [3.8, 4) is 11.8 Å². The van der Waals surface area contributed by atoms with Crippen molar-refractivity contribution in [3.63, 3.8) is 0 Å². The van der Waals surface area contributed by atoms with E-state index in [1.165, 1.54) is 0 Å². The number of nitrogens with zero attached hydrogens (tertiary/aromatic N) is 1. The second-order valence-electron chi connectivity index (χ2n) is 2.38. The van der Waals surface area contributed by atoms with Crippen LogP contribution in [0.5, 0.6) is 0 Å². The van der Waals surface area contributed by atoms with E-state index in [9.17, 15) is 0 Å². The molecule has 1 aliphatic rings. The van der Waals surface area contributed by atoms with Crippen LogP contribution < -0.4 is 0 Å². The highest BCUT2D eigenvalue weighted by Crippen LogP contribution is 1.94. The van der Waals surface area contributed by atoms with Gasteiger partial charge in [-0.25, -0.2) is 0 Å². The van der Waals surface area contributed by atoms with Crippen molar-refractivity contribution in [3.05, 3.63) is 0 Å². The summed E-state index contributed by atoms with van der Waals surface area (Å²) in [5.74, 6) is 6.26. The van der Waals surface area contributed by atoms with Crippen LogP contribution >= 0.6 is 24.0 Å². The van der Waals surface area contributed by atoms with Gasteiger partial charge in [-0.2, -0.15) is 0 Å². The predicted octanol–water partition coefficient (Wildman–Crippen LogP) is 0.983. The highest BCUT2D eigenvalue weighted by atomic mass is 35.5. The summed E-state index contributed by atoms with van der Waals surface area (Å²) in [6, 6.07) is 0. The Balaban J connectivity index is 0.00000121. The van der Waals surface area contributed by atoms with Gasteiger partial charge in [0.25, 0.3) is 0 Å². The third-order valence-corrected chi connectivity index (χ3v) is 1.73. The smallest absolute Gasteiger partial charge is 0.0835 e. The van der Waals surface area contributed by atoms with E-state index in [4.69, 9.17) is 16.3 Å². The maximum atomic E-state index is 5.40. The van der Waals surface area contributed by atoms with Crippen molar-refractivity contribution in [1.29, 1.82) is 0 Å². The van der Waals surface area contributed by atoms with Crippen LogP contribution in [0.25, 0.3) is 0 Å². The molecule has 2 nitrogen and oxygen atoms in total. The van der Waals surface area contributed by atoms with Crippen LogP contribution in [-0.2, 0) is 4.74 Å². The molecule has 0 N–H and O–H groups in total. The first-order chi connectivity index (χ1) is 5.43. The van der Waals surface area contributed by atoms with Gasteiger partial charge in [-0.1, -0.05) is 11.8 Å². The topological polar surface area (TPSA) is 12.5 Å². The van der Waals surface area contributed by atoms with Crippen LogP contribution in [-0.4, -0.2) is 43.6 Å². The highest BCUT2D eigenvalue weighted by molar-refractivity contribution is 6.19. The average Bonchev–Trinajstić information content (AvgIpc) is 2.07. The molecule has 0 radical (unpaired) electrons. The van der Waals surface area contributed by atoms with Crippen molar-refractivity contribution < 1.29 is 4.74 Å². The molecule has 0 amide bonds. The molecule has 0 aromatic heterocycles. The molecule has 0 spiro atoms. The summed E-state index contributed by atoms with van der Waals surface area (Å²) in [6.45, 7) is 4.50. The number of halogens is 2. The highest BCUT2D eigenvalue weighted by Gasteiger charge is 2.07. The Morgan fingerprint density at radius 2 is 1.92 bits per heavy atom. The lowest BCUT2D eigenvalue weighted by Crippen LogP contribution is -2.36. The summed E-state index contributed by atoms with van der Waals surface area (Å²) in [6.07, 6.45) is 0. The van der Waals surface area contributed by atoms with Crippen molar-refractivity contribution in [2.75, 3.05) is 38.7 Å². The van der Waals surface area contributed by atoms with Crippen molar-refractivity contribution in [1.82, 2.24) is 4.90 Å². The molecule has 0 atom stereocenters. The lowest BCUT2D eigenvalue weighted by atomic mass is 10.4. The van der Waals surface area contributed by atoms with Gasteiger partial charge < -0.3 is 4.74 Å². The van der Waals surface area contributed by atoms with Gasteiger partial charge in [-0.05, 0) is 0 Å². The molecule has 1 saturated heterocycles. The van der Waals surface area contributed by atoms with Crippen LogP contribution in [0.1, 0.15) is 0 Å². The Hall–Kier alpha value is 0.0600. The Morgan fingerprint density at radius 1 is 1.25 bits per heavy atom. The number of ether oxygens (including phenoxy) is 1. The van der Waals surface area contributed by atoms with Gasteiger partial charge in [0.15, 0.2) is 0 Å². The predicted molar refractivity (Wildman–Crippen MR) is 53.0 cm³/mol. The molecule has 12 heavy (non-hydrogen) atoms. The van der Waals surface area contributed by atoms with Gasteiger partial charge in [0.05, 0.1) is 25.6 Å². The molecule has 70 valence electrons. The Morgan fingerprint density at radius 3 is 2.50 bits per heavy atom. The van der Waals surface area contributed by atoms with E-state index in [-0.39, 0.29) is 12.4 Å². The summed E-state index contributed by atoms with van der Waals surface area (Å²) in [5, 5.41) is 0. The molecule has 0 aromatic carbocycles. The molecular weight excluding hydrogens is 197 g/mol. The van der Waals surface area contributed by atoms with Crippen LogP contribution in [0.2, 0.25) is 0 Å². The van der Waals surface area contributed by atoms with Gasteiger partial charge in [0, 0.05) is 13.1 Å². The van der Waals surface area contributed by atoms with Crippen LogP contribution in [0.4, 0.5) is 0 Å². The van der Waals surface area contributed by atoms with Gasteiger partial charge >= 0.3 is 0 Å². The monoisotopic (exact) mass is 209 g/mol. The minimum Gasteiger partial charge on any atom is -0.379 e. The first-order valence-corrected chi connectivity index (χ1v) is 4.28. The number of morpholine rings is 1. The van der Waals surface area contributed by atoms with Gasteiger partial charge in [-0.15, -0.1) is 24.0 Å². The molecule has 4 heteroatoms. The van der Waals surface area contributed by atoms with Crippen molar-refractivity contribution >= 4 is 24.0 Å². The maximum Gasteiger partial charge on any atom is 0.0835 e. The average molecular weight is 210 g/mol. The molecule has 1 fully saturated rings. The molecule has 1 aliphatic heterocycles. The molecular formula is C8H13Cl2NO. The lowest BCUT2D eigenvalue weighted by molar-refractivity contribution is 0.0443. The number of hydrogen-bond acceptors (Lipinski definition) is 2. The fraction of sp³-hybridized carbons (Fsp3) is 0.750. The summed E-state index contributed by atoms with van der Waals surface area (Å²) >= 11 is 5.40. The zero-order valence-electron chi connectivity index (χ0n) is 6.88. The molecule has 0 unspecified atom stereocenters. The second kappa shape index (κ2) is 7.70. The molecule has 1 heterocycles. The second-order valence-corrected chi connectivity index (χ2v) is 2.64. The third kappa shape index (κ3) is 4.84. The van der Waals surface area contributed by atoms with E-state index in [2.05, 4.69) is 16.7 Å². The molecule has 0 saturated carbocycles. The SMILES string of the molecule is Cl.ClCC#CCN1CCOCC1. The van der Waals surface area contributed by atoms with Gasteiger partial charge in [0.1, 0.15) is 0 Å². The Labute approximate surface area is 84.6 Å². The first kappa shape index (κ1) is 12.1. The zero-order valence-corrected chi connectivity index (χ0v) is 8.46. The van der Waals surface area contributed by atoms with E-state index < -0.39 is 0 Å². The quantitative estimate of drug-likeness (QED) is 0.472. The third-order valence-electron chi connectivity index (χ3n) is 1.60. The van der Waals surface area contributed by atoms with Gasteiger partial charge in [0.2, 0.25) is 0 Å². The van der Waals surface area contributed by atoms with E-state index >= 15 is 0 Å². The van der Waals surface area contributed by atoms with Crippen LogP contribution in [0.15, 0.2) is 0 Å². The van der Waals surface area contributed by atoms with Crippen molar-refractivity contribution in [2.24, 2.45) is 0 Å².